The van der Waals surface area contributed by atoms with E-state index >= 15 is 0 Å². The van der Waals surface area contributed by atoms with Crippen LogP contribution in [0.3, 0.4) is 0 Å². The number of carboxylic acids is 1. The summed E-state index contributed by atoms with van der Waals surface area (Å²) in [5, 5.41) is 8.70. The summed E-state index contributed by atoms with van der Waals surface area (Å²) in [5.74, 6) is 0.667. The van der Waals surface area contributed by atoms with Gasteiger partial charge in [0.1, 0.15) is 5.75 Å². The van der Waals surface area contributed by atoms with Crippen molar-refractivity contribution in [2.24, 2.45) is 5.92 Å². The number of hydrogen-bond donors (Lipinski definition) is 1. The molecule has 1 saturated heterocycles. The van der Waals surface area contributed by atoms with E-state index in [1.165, 1.54) is 11.1 Å². The number of nitrogens with zero attached hydrogens (tertiary/aromatic N) is 1. The molecule has 0 bridgehead atoms. The number of benzene rings is 1. The Morgan fingerprint density at radius 1 is 1.44 bits per heavy atom. The average molecular weight is 247 g/mol. The van der Waals surface area contributed by atoms with Crippen LogP contribution in [0, 0.1) is 5.92 Å². The van der Waals surface area contributed by atoms with E-state index < -0.39 is 5.97 Å². The second-order valence-corrected chi connectivity index (χ2v) is 5.20. The van der Waals surface area contributed by atoms with Crippen molar-refractivity contribution < 1.29 is 14.6 Å². The zero-order chi connectivity index (χ0) is 12.5. The first kappa shape index (κ1) is 11.5. The number of carboxylic acid groups (broad SMARTS) is 1. The van der Waals surface area contributed by atoms with Crippen molar-refractivity contribution in [3.63, 3.8) is 0 Å². The summed E-state index contributed by atoms with van der Waals surface area (Å²) in [4.78, 5) is 12.9. The lowest BCUT2D eigenvalue weighted by molar-refractivity contribution is -0.139. The molecule has 0 aromatic heterocycles. The summed E-state index contributed by atoms with van der Waals surface area (Å²) < 4.78 is 5.48. The highest BCUT2D eigenvalue weighted by molar-refractivity contribution is 5.67. The topological polar surface area (TPSA) is 49.8 Å². The van der Waals surface area contributed by atoms with E-state index in [0.29, 0.717) is 12.3 Å². The molecule has 0 aliphatic carbocycles. The standard InChI is InChI=1S/C14H17NO3/c16-14(17)6-11-8-15(9-11)7-10-1-2-13-12(5-10)3-4-18-13/h1-2,5,11H,3-4,6-9H2,(H,16,17). The number of hydrogen-bond acceptors (Lipinski definition) is 3. The van der Waals surface area contributed by atoms with E-state index in [9.17, 15) is 4.79 Å². The van der Waals surface area contributed by atoms with Gasteiger partial charge in [-0.05, 0) is 23.1 Å². The Morgan fingerprint density at radius 2 is 2.28 bits per heavy atom. The largest absolute Gasteiger partial charge is 0.493 e. The molecule has 4 nitrogen and oxygen atoms in total. The fourth-order valence-electron chi connectivity index (χ4n) is 2.78. The Balaban J connectivity index is 1.54. The number of aliphatic carboxylic acids is 1. The Kier molecular flexibility index (Phi) is 2.96. The van der Waals surface area contributed by atoms with Crippen molar-refractivity contribution in [3.8, 4) is 5.75 Å². The van der Waals surface area contributed by atoms with E-state index in [2.05, 4.69) is 17.0 Å². The Labute approximate surface area is 106 Å². The summed E-state index contributed by atoms with van der Waals surface area (Å²) in [6.45, 7) is 3.52. The lowest BCUT2D eigenvalue weighted by Crippen LogP contribution is -2.46. The maximum absolute atomic E-state index is 10.6. The number of carbonyl (C=O) groups is 1. The van der Waals surface area contributed by atoms with Gasteiger partial charge in [-0.3, -0.25) is 9.69 Å². The minimum absolute atomic E-state index is 0.300. The van der Waals surface area contributed by atoms with Crippen LogP contribution in [0.2, 0.25) is 0 Å². The molecule has 96 valence electrons. The highest BCUT2D eigenvalue weighted by atomic mass is 16.5. The van der Waals surface area contributed by atoms with E-state index in [-0.39, 0.29) is 0 Å². The third kappa shape index (κ3) is 2.34. The molecule has 4 heteroatoms. The number of likely N-dealkylation sites (tertiary alicyclic amines) is 1. The molecule has 0 atom stereocenters. The third-order valence-corrected chi connectivity index (χ3v) is 3.66. The molecule has 0 amide bonds. The van der Waals surface area contributed by atoms with Gasteiger partial charge in [-0.25, -0.2) is 0 Å². The van der Waals surface area contributed by atoms with Crippen molar-refractivity contribution in [2.45, 2.75) is 19.4 Å². The van der Waals surface area contributed by atoms with E-state index in [1.807, 2.05) is 6.07 Å². The van der Waals surface area contributed by atoms with Gasteiger partial charge in [-0.15, -0.1) is 0 Å². The van der Waals surface area contributed by atoms with E-state index in [4.69, 9.17) is 9.84 Å². The molecule has 0 radical (unpaired) electrons. The van der Waals surface area contributed by atoms with Crippen molar-refractivity contribution in [1.82, 2.24) is 4.90 Å². The first-order chi connectivity index (χ1) is 8.70. The predicted molar refractivity (Wildman–Crippen MR) is 66.7 cm³/mol. The fraction of sp³-hybridized carbons (Fsp3) is 0.500. The Bertz CT molecular complexity index is 466. The molecule has 1 fully saturated rings. The van der Waals surface area contributed by atoms with Crippen LogP contribution in [0.5, 0.6) is 5.75 Å². The van der Waals surface area contributed by atoms with Gasteiger partial charge in [0.25, 0.3) is 0 Å². The van der Waals surface area contributed by atoms with Crippen molar-refractivity contribution >= 4 is 5.97 Å². The monoisotopic (exact) mass is 247 g/mol. The van der Waals surface area contributed by atoms with Crippen molar-refractivity contribution in [1.29, 1.82) is 0 Å². The van der Waals surface area contributed by atoms with Gasteiger partial charge in [0.2, 0.25) is 0 Å². The summed E-state index contributed by atoms with van der Waals surface area (Å²) in [5.41, 5.74) is 2.60. The zero-order valence-electron chi connectivity index (χ0n) is 10.3. The molecule has 2 aliphatic rings. The minimum Gasteiger partial charge on any atom is -0.493 e. The maximum Gasteiger partial charge on any atom is 0.303 e. The van der Waals surface area contributed by atoms with Crippen LogP contribution in [-0.4, -0.2) is 35.7 Å². The first-order valence-electron chi connectivity index (χ1n) is 6.39. The highest BCUT2D eigenvalue weighted by Crippen LogP contribution is 2.28. The highest BCUT2D eigenvalue weighted by Gasteiger charge is 2.28. The second-order valence-electron chi connectivity index (χ2n) is 5.20. The molecular weight excluding hydrogens is 230 g/mol. The van der Waals surface area contributed by atoms with Gasteiger partial charge < -0.3 is 9.84 Å². The smallest absolute Gasteiger partial charge is 0.303 e. The van der Waals surface area contributed by atoms with Crippen LogP contribution in [0.15, 0.2) is 18.2 Å². The Hall–Kier alpha value is -1.55. The molecule has 18 heavy (non-hydrogen) atoms. The normalized spacial score (nSPS) is 19.1. The lowest BCUT2D eigenvalue weighted by atomic mass is 9.95. The number of ether oxygens (including phenoxy) is 1. The van der Waals surface area contributed by atoms with Crippen LogP contribution >= 0.6 is 0 Å². The fourth-order valence-corrected chi connectivity index (χ4v) is 2.78. The number of fused-ring (bicyclic) bond motifs is 1. The molecule has 3 rings (SSSR count). The van der Waals surface area contributed by atoms with E-state index in [0.717, 1.165) is 38.4 Å². The molecule has 0 unspecified atom stereocenters. The SMILES string of the molecule is O=C(O)CC1CN(Cc2ccc3c(c2)CCO3)C1. The van der Waals surface area contributed by atoms with Crippen LogP contribution in [0.25, 0.3) is 0 Å². The molecule has 1 aromatic carbocycles. The third-order valence-electron chi connectivity index (χ3n) is 3.66. The summed E-state index contributed by atoms with van der Waals surface area (Å²) in [6.07, 6.45) is 1.30. The molecule has 0 saturated carbocycles. The van der Waals surface area contributed by atoms with Gasteiger partial charge in [-0.2, -0.15) is 0 Å². The molecule has 1 N–H and O–H groups in total. The maximum atomic E-state index is 10.6. The van der Waals surface area contributed by atoms with Gasteiger partial charge in [0, 0.05) is 26.1 Å². The van der Waals surface area contributed by atoms with Gasteiger partial charge in [0.15, 0.2) is 0 Å². The molecular formula is C14H17NO3. The zero-order valence-corrected chi connectivity index (χ0v) is 10.3. The lowest BCUT2D eigenvalue weighted by Gasteiger charge is -2.38. The average Bonchev–Trinajstić information content (AvgIpc) is 2.72. The van der Waals surface area contributed by atoms with Crippen LogP contribution < -0.4 is 4.74 Å². The van der Waals surface area contributed by atoms with Crippen molar-refractivity contribution in [2.75, 3.05) is 19.7 Å². The first-order valence-corrected chi connectivity index (χ1v) is 6.39. The molecule has 2 heterocycles. The van der Waals surface area contributed by atoms with Gasteiger partial charge >= 0.3 is 5.97 Å². The second kappa shape index (κ2) is 4.61. The van der Waals surface area contributed by atoms with Gasteiger partial charge in [-0.1, -0.05) is 12.1 Å². The molecule has 0 spiro atoms. The summed E-state index contributed by atoms with van der Waals surface area (Å²) in [7, 11) is 0. The molecule has 2 aliphatic heterocycles. The summed E-state index contributed by atoms with van der Waals surface area (Å²) in [6, 6.07) is 6.37. The quantitative estimate of drug-likeness (QED) is 0.876. The van der Waals surface area contributed by atoms with Crippen LogP contribution in [0.4, 0.5) is 0 Å². The van der Waals surface area contributed by atoms with Crippen LogP contribution in [-0.2, 0) is 17.8 Å². The van der Waals surface area contributed by atoms with Gasteiger partial charge in [0.05, 0.1) is 13.0 Å². The van der Waals surface area contributed by atoms with Crippen molar-refractivity contribution in [3.05, 3.63) is 29.3 Å². The minimum atomic E-state index is -0.686. The Morgan fingerprint density at radius 3 is 3.06 bits per heavy atom. The number of rotatable bonds is 4. The van der Waals surface area contributed by atoms with E-state index in [1.54, 1.807) is 0 Å². The summed E-state index contributed by atoms with van der Waals surface area (Å²) >= 11 is 0. The predicted octanol–water partition coefficient (Wildman–Crippen LogP) is 1.53. The van der Waals surface area contributed by atoms with Crippen LogP contribution in [0.1, 0.15) is 17.5 Å². The molecule has 1 aromatic rings.